The van der Waals surface area contributed by atoms with Gasteiger partial charge >= 0.3 is 5.97 Å². The van der Waals surface area contributed by atoms with Gasteiger partial charge in [-0.15, -0.1) is 11.8 Å². The summed E-state index contributed by atoms with van der Waals surface area (Å²) in [6, 6.07) is 6.56. The lowest BCUT2D eigenvalue weighted by atomic mass is 10.1. The van der Waals surface area contributed by atoms with Gasteiger partial charge in [0.25, 0.3) is 0 Å². The molecule has 0 heterocycles. The molecule has 0 aliphatic rings. The van der Waals surface area contributed by atoms with E-state index in [1.165, 1.54) is 17.8 Å². The smallest absolute Gasteiger partial charge is 0.373 e. The highest BCUT2D eigenvalue weighted by atomic mass is 35.5. The summed E-state index contributed by atoms with van der Waals surface area (Å²) in [5, 5.41) is 9.95. The third-order valence-electron chi connectivity index (χ3n) is 2.41. The molecule has 0 aliphatic carbocycles. The highest BCUT2D eigenvalue weighted by Gasteiger charge is 2.12. The molecule has 0 fully saturated rings. The molecule has 0 atom stereocenters. The molecule has 21 heavy (non-hydrogen) atoms. The summed E-state index contributed by atoms with van der Waals surface area (Å²) in [5.41, 5.74) is 0.437. The first-order valence-electron chi connectivity index (χ1n) is 6.12. The molecular formula is C15H15ClO4S. The Balaban J connectivity index is 2.97. The van der Waals surface area contributed by atoms with Gasteiger partial charge in [-0.3, -0.25) is 4.79 Å². The van der Waals surface area contributed by atoms with Crippen LogP contribution in [-0.4, -0.2) is 29.7 Å². The zero-order chi connectivity index (χ0) is 15.8. The third-order valence-corrected chi connectivity index (χ3v) is 3.40. The molecule has 0 amide bonds. The Hall–Kier alpha value is -1.72. The molecule has 4 nitrogen and oxygen atoms in total. The number of esters is 1. The molecule has 0 radical (unpaired) electrons. The van der Waals surface area contributed by atoms with E-state index in [-0.39, 0.29) is 12.4 Å². The van der Waals surface area contributed by atoms with Crippen LogP contribution in [0.25, 0.3) is 0 Å². The fourth-order valence-electron chi connectivity index (χ4n) is 1.44. The summed E-state index contributed by atoms with van der Waals surface area (Å²) in [4.78, 5) is 23.9. The van der Waals surface area contributed by atoms with Crippen molar-refractivity contribution in [3.05, 3.63) is 57.7 Å². The van der Waals surface area contributed by atoms with E-state index in [1.807, 2.05) is 0 Å². The SMILES string of the molecule is CCOC(=O)/C(O)=C/C=C(\SC)C(=O)c1cccc(Cl)c1. The van der Waals surface area contributed by atoms with Gasteiger partial charge in [-0.25, -0.2) is 4.79 Å². The van der Waals surface area contributed by atoms with Gasteiger partial charge in [0.05, 0.1) is 11.5 Å². The Kier molecular flexibility index (Phi) is 7.05. The number of carbonyl (C=O) groups is 2. The van der Waals surface area contributed by atoms with E-state index in [0.717, 1.165) is 6.08 Å². The van der Waals surface area contributed by atoms with Crippen molar-refractivity contribution in [2.24, 2.45) is 0 Å². The van der Waals surface area contributed by atoms with E-state index >= 15 is 0 Å². The second-order valence-electron chi connectivity index (χ2n) is 3.85. The minimum atomic E-state index is -0.829. The summed E-state index contributed by atoms with van der Waals surface area (Å²) >= 11 is 7.06. The summed E-state index contributed by atoms with van der Waals surface area (Å²) in [6.45, 7) is 1.80. The van der Waals surface area contributed by atoms with Gasteiger partial charge in [0, 0.05) is 10.6 Å². The van der Waals surface area contributed by atoms with Crippen LogP contribution < -0.4 is 0 Å². The van der Waals surface area contributed by atoms with Crippen molar-refractivity contribution in [2.45, 2.75) is 6.92 Å². The molecular weight excluding hydrogens is 312 g/mol. The second-order valence-corrected chi connectivity index (χ2v) is 5.13. The molecule has 112 valence electrons. The van der Waals surface area contributed by atoms with E-state index in [4.69, 9.17) is 11.6 Å². The highest BCUT2D eigenvalue weighted by Crippen LogP contribution is 2.20. The van der Waals surface area contributed by atoms with Crippen molar-refractivity contribution in [2.75, 3.05) is 12.9 Å². The number of allylic oxidation sites excluding steroid dienone is 3. The van der Waals surface area contributed by atoms with Gasteiger partial charge in [0.15, 0.2) is 5.78 Å². The maximum atomic E-state index is 12.3. The fourth-order valence-corrected chi connectivity index (χ4v) is 2.13. The zero-order valence-corrected chi connectivity index (χ0v) is 13.2. The topological polar surface area (TPSA) is 63.6 Å². The van der Waals surface area contributed by atoms with Crippen LogP contribution in [0, 0.1) is 0 Å². The van der Waals surface area contributed by atoms with Gasteiger partial charge in [0.2, 0.25) is 5.76 Å². The maximum Gasteiger partial charge on any atom is 0.373 e. The zero-order valence-electron chi connectivity index (χ0n) is 11.6. The Morgan fingerprint density at radius 3 is 2.67 bits per heavy atom. The van der Waals surface area contributed by atoms with E-state index < -0.39 is 11.7 Å². The number of ether oxygens (including phenoxy) is 1. The van der Waals surface area contributed by atoms with E-state index in [9.17, 15) is 14.7 Å². The van der Waals surface area contributed by atoms with Crippen LogP contribution in [0.5, 0.6) is 0 Å². The standard InChI is InChI=1S/C15H15ClO4S/c1-3-20-15(19)12(17)7-8-13(21-2)14(18)10-5-4-6-11(16)9-10/h4-9,17H,3H2,1-2H3/b12-7-,13-8-. The Labute approximate surface area is 132 Å². The van der Waals surface area contributed by atoms with Crippen molar-refractivity contribution in [1.82, 2.24) is 0 Å². The predicted octanol–water partition coefficient (Wildman–Crippen LogP) is 3.77. The summed E-state index contributed by atoms with van der Waals surface area (Å²) in [7, 11) is 0. The Morgan fingerprint density at radius 2 is 2.10 bits per heavy atom. The fraction of sp³-hybridized carbons (Fsp3) is 0.200. The number of Topliss-reactive ketones (excluding diaryl/α,β-unsaturated/α-hetero) is 1. The number of rotatable bonds is 6. The third kappa shape index (κ3) is 5.28. The van der Waals surface area contributed by atoms with Crippen molar-refractivity contribution in [3.63, 3.8) is 0 Å². The average Bonchev–Trinajstić information content (AvgIpc) is 2.47. The first-order valence-corrected chi connectivity index (χ1v) is 7.72. The van der Waals surface area contributed by atoms with E-state index in [1.54, 1.807) is 37.4 Å². The van der Waals surface area contributed by atoms with Crippen molar-refractivity contribution in [3.8, 4) is 0 Å². The number of benzene rings is 1. The molecule has 1 aromatic carbocycles. The molecule has 0 saturated heterocycles. The first kappa shape index (κ1) is 17.3. The van der Waals surface area contributed by atoms with E-state index in [0.29, 0.717) is 15.5 Å². The number of aliphatic hydroxyl groups excluding tert-OH is 1. The quantitative estimate of drug-likeness (QED) is 0.283. The summed E-state index contributed by atoms with van der Waals surface area (Å²) in [5.74, 6) is -1.62. The van der Waals surface area contributed by atoms with Crippen LogP contribution >= 0.6 is 23.4 Å². The molecule has 6 heteroatoms. The van der Waals surface area contributed by atoms with Crippen LogP contribution in [0.15, 0.2) is 47.1 Å². The van der Waals surface area contributed by atoms with Crippen LogP contribution in [0.4, 0.5) is 0 Å². The van der Waals surface area contributed by atoms with Gasteiger partial charge in [-0.2, -0.15) is 0 Å². The molecule has 0 spiro atoms. The van der Waals surface area contributed by atoms with Crippen molar-refractivity contribution in [1.29, 1.82) is 0 Å². The van der Waals surface area contributed by atoms with Gasteiger partial charge in [-0.05, 0) is 37.5 Å². The highest BCUT2D eigenvalue weighted by molar-refractivity contribution is 8.03. The summed E-state index contributed by atoms with van der Waals surface area (Å²) < 4.78 is 4.63. The molecule has 1 N–H and O–H groups in total. The molecule has 0 bridgehead atoms. The van der Waals surface area contributed by atoms with Crippen LogP contribution in [0.3, 0.4) is 0 Å². The van der Waals surface area contributed by atoms with Gasteiger partial charge in [0.1, 0.15) is 0 Å². The predicted molar refractivity (Wildman–Crippen MR) is 84.7 cm³/mol. The summed E-state index contributed by atoms with van der Waals surface area (Å²) in [6.07, 6.45) is 4.25. The Bertz CT molecular complexity index is 593. The molecule has 0 unspecified atom stereocenters. The molecule has 0 aliphatic heterocycles. The normalized spacial score (nSPS) is 12.1. The van der Waals surface area contributed by atoms with Crippen molar-refractivity contribution >= 4 is 35.1 Å². The lowest BCUT2D eigenvalue weighted by Crippen LogP contribution is -2.07. The molecule has 1 rings (SSSR count). The number of hydrogen-bond acceptors (Lipinski definition) is 5. The van der Waals surface area contributed by atoms with Crippen LogP contribution in [-0.2, 0) is 9.53 Å². The molecule has 0 aromatic heterocycles. The number of ketones is 1. The number of aliphatic hydroxyl groups is 1. The average molecular weight is 327 g/mol. The largest absolute Gasteiger partial charge is 0.502 e. The number of halogens is 1. The first-order chi connectivity index (χ1) is 9.99. The van der Waals surface area contributed by atoms with Crippen molar-refractivity contribution < 1.29 is 19.4 Å². The minimum absolute atomic E-state index is 0.164. The van der Waals surface area contributed by atoms with Crippen LogP contribution in [0.2, 0.25) is 5.02 Å². The number of thioether (sulfide) groups is 1. The van der Waals surface area contributed by atoms with Gasteiger partial charge < -0.3 is 9.84 Å². The second kappa shape index (κ2) is 8.54. The Morgan fingerprint density at radius 1 is 1.38 bits per heavy atom. The van der Waals surface area contributed by atoms with Gasteiger partial charge in [-0.1, -0.05) is 23.7 Å². The number of hydrogen-bond donors (Lipinski definition) is 1. The lowest BCUT2D eigenvalue weighted by molar-refractivity contribution is -0.141. The minimum Gasteiger partial charge on any atom is -0.502 e. The lowest BCUT2D eigenvalue weighted by Gasteiger charge is -2.03. The van der Waals surface area contributed by atoms with E-state index in [2.05, 4.69) is 4.74 Å². The van der Waals surface area contributed by atoms with Crippen LogP contribution in [0.1, 0.15) is 17.3 Å². The monoisotopic (exact) mass is 326 g/mol. The maximum absolute atomic E-state index is 12.3. The number of carbonyl (C=O) groups excluding carboxylic acids is 2. The molecule has 1 aromatic rings. The molecule has 0 saturated carbocycles.